The van der Waals surface area contributed by atoms with E-state index in [-0.39, 0.29) is 31.3 Å². The Kier molecular flexibility index (Phi) is 6.60. The maximum atomic E-state index is 11.7. The molecule has 0 aromatic heterocycles. The van der Waals surface area contributed by atoms with Crippen molar-refractivity contribution in [1.29, 1.82) is 0 Å². The number of aliphatic carboxylic acids is 1. The first kappa shape index (κ1) is 16.9. The highest BCUT2D eigenvalue weighted by molar-refractivity contribution is 5.89. The fraction of sp³-hybridized carbons (Fsp3) is 0.667. The Morgan fingerprint density at radius 3 is 2.57 bits per heavy atom. The molecular formula is C12H20N4O5. The van der Waals surface area contributed by atoms with Crippen molar-refractivity contribution in [3.8, 4) is 0 Å². The van der Waals surface area contributed by atoms with Crippen LogP contribution < -0.4 is 21.7 Å². The smallest absolute Gasteiger partial charge is 0.326 e. The van der Waals surface area contributed by atoms with E-state index in [0.717, 1.165) is 13.0 Å². The number of primary amides is 1. The molecule has 21 heavy (non-hydrogen) atoms. The number of carbonyl (C=O) groups excluding carboxylic acids is 3. The third-order valence-corrected chi connectivity index (χ3v) is 3.11. The lowest BCUT2D eigenvalue weighted by Gasteiger charge is -2.15. The van der Waals surface area contributed by atoms with Crippen molar-refractivity contribution < 1.29 is 24.3 Å². The van der Waals surface area contributed by atoms with Crippen LogP contribution in [0.25, 0.3) is 0 Å². The molecule has 0 radical (unpaired) electrons. The molecule has 1 saturated heterocycles. The van der Waals surface area contributed by atoms with Gasteiger partial charge >= 0.3 is 5.97 Å². The predicted molar refractivity (Wildman–Crippen MR) is 72.0 cm³/mol. The molecule has 0 aromatic rings. The fourth-order valence-corrected chi connectivity index (χ4v) is 1.99. The summed E-state index contributed by atoms with van der Waals surface area (Å²) in [6.45, 7) is 0.454. The minimum atomic E-state index is -1.26. The zero-order valence-electron chi connectivity index (χ0n) is 11.6. The van der Waals surface area contributed by atoms with Crippen molar-refractivity contribution in [2.24, 2.45) is 5.73 Å². The van der Waals surface area contributed by atoms with Crippen LogP contribution in [0.2, 0.25) is 0 Å². The van der Waals surface area contributed by atoms with Gasteiger partial charge in [0.1, 0.15) is 6.04 Å². The van der Waals surface area contributed by atoms with Gasteiger partial charge in [-0.25, -0.2) is 4.79 Å². The summed E-state index contributed by atoms with van der Waals surface area (Å²) >= 11 is 0. The summed E-state index contributed by atoms with van der Waals surface area (Å²) in [5, 5.41) is 16.6. The van der Waals surface area contributed by atoms with Gasteiger partial charge < -0.3 is 26.8 Å². The topological polar surface area (TPSA) is 151 Å². The lowest BCUT2D eigenvalue weighted by atomic mass is 10.1. The second-order valence-electron chi connectivity index (χ2n) is 4.83. The van der Waals surface area contributed by atoms with Crippen molar-refractivity contribution in [1.82, 2.24) is 16.0 Å². The van der Waals surface area contributed by atoms with Gasteiger partial charge in [-0.1, -0.05) is 0 Å². The summed E-state index contributed by atoms with van der Waals surface area (Å²) in [6.07, 6.45) is 1.38. The van der Waals surface area contributed by atoms with Crippen molar-refractivity contribution in [3.63, 3.8) is 0 Å². The van der Waals surface area contributed by atoms with Crippen LogP contribution in [-0.2, 0) is 19.2 Å². The lowest BCUT2D eigenvalue weighted by Crippen LogP contribution is -2.48. The number of carboxylic acids is 1. The van der Waals surface area contributed by atoms with E-state index < -0.39 is 23.8 Å². The minimum absolute atomic E-state index is 0.0888. The Bertz CT molecular complexity index is 420. The Hall–Kier alpha value is -2.16. The normalized spacial score (nSPS) is 18.8. The Morgan fingerprint density at radius 1 is 1.33 bits per heavy atom. The van der Waals surface area contributed by atoms with E-state index in [1.54, 1.807) is 0 Å². The van der Waals surface area contributed by atoms with E-state index in [1.807, 2.05) is 0 Å². The lowest BCUT2D eigenvalue weighted by molar-refractivity contribution is -0.142. The second-order valence-corrected chi connectivity index (χ2v) is 4.83. The van der Waals surface area contributed by atoms with Crippen molar-refractivity contribution in [2.45, 2.75) is 37.8 Å². The third kappa shape index (κ3) is 6.21. The highest BCUT2D eigenvalue weighted by Gasteiger charge is 2.24. The SMILES string of the molecule is NC(=O)CC[C@H](NC(=O)CNC(=O)[C@@H]1CCCN1)C(=O)O. The maximum Gasteiger partial charge on any atom is 0.326 e. The number of amides is 3. The Labute approximate surface area is 121 Å². The van der Waals surface area contributed by atoms with Crippen LogP contribution in [0, 0.1) is 0 Å². The molecule has 0 bridgehead atoms. The van der Waals surface area contributed by atoms with Crippen LogP contribution in [0.1, 0.15) is 25.7 Å². The largest absolute Gasteiger partial charge is 0.480 e. The van der Waals surface area contributed by atoms with Crippen LogP contribution in [0.15, 0.2) is 0 Å². The molecule has 9 heteroatoms. The molecule has 118 valence electrons. The number of nitrogens with one attached hydrogen (secondary N) is 3. The summed E-state index contributed by atoms with van der Waals surface area (Å²) in [7, 11) is 0. The van der Waals surface area contributed by atoms with E-state index >= 15 is 0 Å². The molecule has 0 spiro atoms. The molecule has 0 aliphatic carbocycles. The van der Waals surface area contributed by atoms with Gasteiger partial charge in [0, 0.05) is 6.42 Å². The zero-order chi connectivity index (χ0) is 15.8. The summed E-state index contributed by atoms with van der Waals surface area (Å²) in [5.41, 5.74) is 4.93. The van der Waals surface area contributed by atoms with Gasteiger partial charge in [0.15, 0.2) is 0 Å². The molecule has 1 heterocycles. The highest BCUT2D eigenvalue weighted by Crippen LogP contribution is 2.04. The molecule has 2 atom stereocenters. The third-order valence-electron chi connectivity index (χ3n) is 3.11. The molecule has 0 aromatic carbocycles. The second kappa shape index (κ2) is 8.20. The zero-order valence-corrected chi connectivity index (χ0v) is 11.6. The average molecular weight is 300 g/mol. The van der Waals surface area contributed by atoms with Gasteiger partial charge in [-0.2, -0.15) is 0 Å². The van der Waals surface area contributed by atoms with E-state index in [4.69, 9.17) is 10.8 Å². The number of carbonyl (C=O) groups is 4. The molecule has 1 aliphatic heterocycles. The van der Waals surface area contributed by atoms with Crippen molar-refractivity contribution in [3.05, 3.63) is 0 Å². The summed E-state index contributed by atoms with van der Waals surface area (Å²) in [6, 6.07) is -1.51. The predicted octanol–water partition coefficient (Wildman–Crippen LogP) is -2.31. The number of nitrogens with two attached hydrogens (primary N) is 1. The molecule has 1 fully saturated rings. The monoisotopic (exact) mass is 300 g/mol. The Morgan fingerprint density at radius 2 is 2.05 bits per heavy atom. The van der Waals surface area contributed by atoms with Gasteiger partial charge in [-0.3, -0.25) is 14.4 Å². The summed E-state index contributed by atoms with van der Waals surface area (Å²) in [5.74, 6) is -2.81. The Balaban J connectivity index is 2.33. The highest BCUT2D eigenvalue weighted by atomic mass is 16.4. The summed E-state index contributed by atoms with van der Waals surface area (Å²) in [4.78, 5) is 44.8. The quantitative estimate of drug-likeness (QED) is 0.340. The number of carboxylic acid groups (broad SMARTS) is 1. The molecule has 3 amide bonds. The van der Waals surface area contributed by atoms with Crippen LogP contribution in [0.5, 0.6) is 0 Å². The number of hydrogen-bond donors (Lipinski definition) is 5. The standard InChI is InChI=1S/C12H20N4O5/c13-9(17)4-3-8(12(20)21)16-10(18)6-15-11(19)7-2-1-5-14-7/h7-8,14H,1-6H2,(H2,13,17)(H,15,19)(H,16,18)(H,20,21)/t7-,8-/m0/s1. The fourth-order valence-electron chi connectivity index (χ4n) is 1.99. The van der Waals surface area contributed by atoms with Gasteiger partial charge in [-0.05, 0) is 25.8 Å². The molecule has 1 rings (SSSR count). The molecular weight excluding hydrogens is 280 g/mol. The van der Waals surface area contributed by atoms with Crippen LogP contribution >= 0.6 is 0 Å². The van der Waals surface area contributed by atoms with Crippen molar-refractivity contribution in [2.75, 3.05) is 13.1 Å². The van der Waals surface area contributed by atoms with Gasteiger partial charge in [0.25, 0.3) is 0 Å². The maximum absolute atomic E-state index is 11.7. The molecule has 0 saturated carbocycles. The number of hydrogen-bond acceptors (Lipinski definition) is 5. The number of rotatable bonds is 8. The minimum Gasteiger partial charge on any atom is -0.480 e. The van der Waals surface area contributed by atoms with Gasteiger partial charge in [0.05, 0.1) is 12.6 Å². The van der Waals surface area contributed by atoms with Crippen LogP contribution in [-0.4, -0.2) is 54.0 Å². The van der Waals surface area contributed by atoms with E-state index in [0.29, 0.717) is 6.42 Å². The average Bonchev–Trinajstić information content (AvgIpc) is 2.94. The van der Waals surface area contributed by atoms with Gasteiger partial charge in [0.2, 0.25) is 17.7 Å². The first-order chi connectivity index (χ1) is 9.90. The first-order valence-electron chi connectivity index (χ1n) is 6.71. The molecule has 1 aliphatic rings. The van der Waals surface area contributed by atoms with Gasteiger partial charge in [-0.15, -0.1) is 0 Å². The molecule has 0 unspecified atom stereocenters. The summed E-state index contributed by atoms with van der Waals surface area (Å²) < 4.78 is 0. The van der Waals surface area contributed by atoms with E-state index in [9.17, 15) is 19.2 Å². The van der Waals surface area contributed by atoms with Crippen LogP contribution in [0.3, 0.4) is 0 Å². The van der Waals surface area contributed by atoms with E-state index in [2.05, 4.69) is 16.0 Å². The van der Waals surface area contributed by atoms with Crippen molar-refractivity contribution >= 4 is 23.7 Å². The molecule has 9 nitrogen and oxygen atoms in total. The van der Waals surface area contributed by atoms with Crippen LogP contribution in [0.4, 0.5) is 0 Å². The molecule has 6 N–H and O–H groups in total. The van der Waals surface area contributed by atoms with E-state index in [1.165, 1.54) is 0 Å². The first-order valence-corrected chi connectivity index (χ1v) is 6.71.